The van der Waals surface area contributed by atoms with Crippen molar-refractivity contribution in [3.8, 4) is 45.5 Å². The molecular weight excluding hydrogens is 649 g/mol. The summed E-state index contributed by atoms with van der Waals surface area (Å²) in [6.07, 6.45) is 0. The Morgan fingerprint density at radius 3 is 1.48 bits per heavy atom. The molecule has 3 heterocycles. The van der Waals surface area contributed by atoms with Crippen LogP contribution in [0.5, 0.6) is 0 Å². The number of aromatic nitrogens is 5. The summed E-state index contributed by atoms with van der Waals surface area (Å²) in [4.78, 5) is 14.6. The van der Waals surface area contributed by atoms with Crippen molar-refractivity contribution in [2.75, 3.05) is 0 Å². The van der Waals surface area contributed by atoms with Crippen LogP contribution in [0.25, 0.3) is 89.2 Å². The molecule has 0 unspecified atom stereocenters. The summed E-state index contributed by atoms with van der Waals surface area (Å²) in [5, 5.41) is 4.50. The minimum absolute atomic E-state index is 0.351. The summed E-state index contributed by atoms with van der Waals surface area (Å²) in [6, 6.07) is 52.5. The molecule has 0 atom stereocenters. The summed E-state index contributed by atoms with van der Waals surface area (Å²) >= 11 is 0. The zero-order valence-electron chi connectivity index (χ0n) is 27.6. The largest absolute Gasteiger partial charge is 0.309 e. The van der Waals surface area contributed by atoms with Gasteiger partial charge in [-0.05, 0) is 102 Å². The SMILES string of the molecule is Fc1ccc(-c2nc(-c3ccc(F)cc3)nc(-n3c4ccccc4c4cc(-c5ccc6c7ccccc7n(-c7ccccc7)c6c5)ccc43)n2)cc1. The fourth-order valence-corrected chi connectivity index (χ4v) is 7.29. The van der Waals surface area contributed by atoms with Crippen molar-refractivity contribution in [1.29, 1.82) is 0 Å². The normalized spacial score (nSPS) is 11.7. The van der Waals surface area contributed by atoms with Gasteiger partial charge in [-0.2, -0.15) is 9.97 Å². The monoisotopic (exact) mass is 675 g/mol. The molecule has 0 aliphatic rings. The number of hydrogen-bond donors (Lipinski definition) is 0. The van der Waals surface area contributed by atoms with Gasteiger partial charge >= 0.3 is 0 Å². The maximum atomic E-state index is 13.9. The van der Waals surface area contributed by atoms with Gasteiger partial charge in [0.15, 0.2) is 11.6 Å². The number of nitrogens with zero attached hydrogens (tertiary/aromatic N) is 5. The van der Waals surface area contributed by atoms with Crippen LogP contribution in [0.2, 0.25) is 0 Å². The van der Waals surface area contributed by atoms with Gasteiger partial charge in [-0.15, -0.1) is 0 Å². The van der Waals surface area contributed by atoms with Crippen LogP contribution < -0.4 is 0 Å². The predicted molar refractivity (Wildman–Crippen MR) is 205 cm³/mol. The number of halogens is 2. The average molecular weight is 676 g/mol. The second-order valence-corrected chi connectivity index (χ2v) is 12.8. The number of benzene rings is 7. The predicted octanol–water partition coefficient (Wildman–Crippen LogP) is 11.3. The Morgan fingerprint density at radius 2 is 0.827 bits per heavy atom. The molecule has 0 radical (unpaired) electrons. The minimum atomic E-state index is -0.351. The van der Waals surface area contributed by atoms with Crippen LogP contribution in [-0.2, 0) is 0 Å². The van der Waals surface area contributed by atoms with Crippen molar-refractivity contribution in [1.82, 2.24) is 24.1 Å². The Morgan fingerprint density at radius 1 is 0.346 bits per heavy atom. The highest BCUT2D eigenvalue weighted by Crippen LogP contribution is 2.38. The van der Waals surface area contributed by atoms with Gasteiger partial charge in [0.05, 0.1) is 22.1 Å². The number of fused-ring (bicyclic) bond motifs is 6. The summed E-state index contributed by atoms with van der Waals surface area (Å²) < 4.78 is 32.2. The topological polar surface area (TPSA) is 48.5 Å². The molecule has 0 aliphatic carbocycles. The molecule has 246 valence electrons. The van der Waals surface area contributed by atoms with Crippen LogP contribution >= 0.6 is 0 Å². The summed E-state index contributed by atoms with van der Waals surface area (Å²) in [6.45, 7) is 0. The van der Waals surface area contributed by atoms with Crippen LogP contribution in [0.1, 0.15) is 0 Å². The van der Waals surface area contributed by atoms with Crippen molar-refractivity contribution in [3.63, 3.8) is 0 Å². The van der Waals surface area contributed by atoms with Gasteiger partial charge in [0.25, 0.3) is 0 Å². The van der Waals surface area contributed by atoms with Crippen molar-refractivity contribution >= 4 is 43.6 Å². The second kappa shape index (κ2) is 11.8. The molecular formula is C45H27F2N5. The first-order chi connectivity index (χ1) is 25.6. The maximum Gasteiger partial charge on any atom is 0.238 e. The van der Waals surface area contributed by atoms with E-state index >= 15 is 0 Å². The zero-order chi connectivity index (χ0) is 34.8. The van der Waals surface area contributed by atoms with Crippen LogP contribution in [0.15, 0.2) is 164 Å². The van der Waals surface area contributed by atoms with Gasteiger partial charge < -0.3 is 4.57 Å². The molecule has 0 amide bonds. The molecule has 0 fully saturated rings. The fraction of sp³-hybridized carbons (Fsp3) is 0. The summed E-state index contributed by atoms with van der Waals surface area (Å²) in [5.41, 5.74) is 8.72. The molecule has 10 rings (SSSR count). The molecule has 0 saturated carbocycles. The standard InChI is InChI=1S/C45H27F2N5/c46-32-20-14-28(15-21-32)43-48-44(29-16-22-33(47)23-17-29)50-45(49-43)52-40-13-7-5-11-36(40)38-26-30(19-25-41(38)52)31-18-24-37-35-10-4-6-12-39(35)51(42(37)27-31)34-8-2-1-3-9-34/h1-27H. The minimum Gasteiger partial charge on any atom is -0.309 e. The Bertz CT molecular complexity index is 2900. The highest BCUT2D eigenvalue weighted by molar-refractivity contribution is 6.12. The van der Waals surface area contributed by atoms with Gasteiger partial charge in [0.1, 0.15) is 11.6 Å². The smallest absolute Gasteiger partial charge is 0.238 e. The van der Waals surface area contributed by atoms with Gasteiger partial charge in [0.2, 0.25) is 5.95 Å². The van der Waals surface area contributed by atoms with Crippen molar-refractivity contribution in [3.05, 3.63) is 175 Å². The molecule has 3 aromatic heterocycles. The molecule has 0 spiro atoms. The molecule has 52 heavy (non-hydrogen) atoms. The maximum absolute atomic E-state index is 13.9. The molecule has 0 aliphatic heterocycles. The van der Waals surface area contributed by atoms with Gasteiger partial charge in [0, 0.05) is 38.4 Å². The average Bonchev–Trinajstić information content (AvgIpc) is 3.71. The van der Waals surface area contributed by atoms with Crippen molar-refractivity contribution < 1.29 is 8.78 Å². The third kappa shape index (κ3) is 4.86. The van der Waals surface area contributed by atoms with E-state index in [0.717, 1.165) is 49.7 Å². The Hall–Kier alpha value is -6.99. The summed E-state index contributed by atoms with van der Waals surface area (Å²) in [7, 11) is 0. The van der Waals surface area contributed by atoms with E-state index < -0.39 is 0 Å². The van der Waals surface area contributed by atoms with Gasteiger partial charge in [-0.1, -0.05) is 72.8 Å². The fourth-order valence-electron chi connectivity index (χ4n) is 7.29. The summed E-state index contributed by atoms with van der Waals surface area (Å²) in [5.74, 6) is 0.468. The van der Waals surface area contributed by atoms with Gasteiger partial charge in [-0.3, -0.25) is 4.57 Å². The number of hydrogen-bond acceptors (Lipinski definition) is 3. The van der Waals surface area contributed by atoms with E-state index in [0.29, 0.717) is 28.7 Å². The third-order valence-corrected chi connectivity index (χ3v) is 9.72. The van der Waals surface area contributed by atoms with Crippen molar-refractivity contribution in [2.24, 2.45) is 0 Å². The Labute approximate surface area is 296 Å². The quantitative estimate of drug-likeness (QED) is 0.182. The number of rotatable bonds is 5. The van der Waals surface area contributed by atoms with E-state index in [4.69, 9.17) is 15.0 Å². The zero-order valence-corrected chi connectivity index (χ0v) is 27.6. The number of para-hydroxylation sites is 3. The highest BCUT2D eigenvalue weighted by atomic mass is 19.1. The Balaban J connectivity index is 1.18. The first-order valence-electron chi connectivity index (χ1n) is 17.0. The van der Waals surface area contributed by atoms with Crippen LogP contribution in [0.3, 0.4) is 0 Å². The van der Waals surface area contributed by atoms with Crippen LogP contribution in [-0.4, -0.2) is 24.1 Å². The first kappa shape index (κ1) is 29.9. The lowest BCUT2D eigenvalue weighted by molar-refractivity contribution is 0.627. The molecule has 10 aromatic rings. The van der Waals surface area contributed by atoms with E-state index in [1.54, 1.807) is 24.3 Å². The molecule has 0 N–H and O–H groups in total. The van der Waals surface area contributed by atoms with Crippen LogP contribution in [0, 0.1) is 11.6 Å². The van der Waals surface area contributed by atoms with E-state index in [9.17, 15) is 8.78 Å². The molecule has 7 aromatic carbocycles. The Kier molecular flexibility index (Phi) is 6.79. The molecule has 0 saturated heterocycles. The first-order valence-corrected chi connectivity index (χ1v) is 17.0. The van der Waals surface area contributed by atoms with Gasteiger partial charge in [-0.25, -0.2) is 13.8 Å². The molecule has 0 bridgehead atoms. The molecule has 5 nitrogen and oxygen atoms in total. The van der Waals surface area contributed by atoms with Crippen LogP contribution in [0.4, 0.5) is 8.78 Å². The van der Waals surface area contributed by atoms with E-state index in [1.165, 1.54) is 35.0 Å². The third-order valence-electron chi connectivity index (χ3n) is 9.72. The van der Waals surface area contributed by atoms with E-state index in [2.05, 4.69) is 102 Å². The van der Waals surface area contributed by atoms with Crippen molar-refractivity contribution in [2.45, 2.75) is 0 Å². The van der Waals surface area contributed by atoms with E-state index in [1.807, 2.05) is 22.8 Å². The lowest BCUT2D eigenvalue weighted by atomic mass is 10.0. The second-order valence-electron chi connectivity index (χ2n) is 12.8. The lowest BCUT2D eigenvalue weighted by Gasteiger charge is -2.11. The lowest BCUT2D eigenvalue weighted by Crippen LogP contribution is -2.06. The van der Waals surface area contributed by atoms with E-state index in [-0.39, 0.29) is 11.6 Å². The molecule has 7 heteroatoms. The highest BCUT2D eigenvalue weighted by Gasteiger charge is 2.19.